The maximum absolute atomic E-state index is 7.09. The van der Waals surface area contributed by atoms with Crippen LogP contribution in [0, 0.1) is 0 Å². The molecule has 0 fully saturated rings. The van der Waals surface area contributed by atoms with Gasteiger partial charge in [-0.1, -0.05) is 77.9 Å². The Balaban J connectivity index is 2.22. The Morgan fingerprint density at radius 3 is 2.00 bits per heavy atom. The summed E-state index contributed by atoms with van der Waals surface area (Å²) in [5.41, 5.74) is 4.93. The summed E-state index contributed by atoms with van der Waals surface area (Å²) in [7, 11) is -2.04. The van der Waals surface area contributed by atoms with Crippen LogP contribution >= 0.6 is 0 Å². The van der Waals surface area contributed by atoms with Crippen molar-refractivity contribution in [2.24, 2.45) is 0 Å². The average molecular weight is 378 g/mol. The summed E-state index contributed by atoms with van der Waals surface area (Å²) in [6.07, 6.45) is 1.85. The molecular formula is C24H31NOSi. The summed E-state index contributed by atoms with van der Waals surface area (Å²) in [6.45, 7) is 14.0. The van der Waals surface area contributed by atoms with E-state index in [0.717, 1.165) is 22.2 Å². The highest BCUT2D eigenvalue weighted by Gasteiger charge is 2.47. The monoisotopic (exact) mass is 377 g/mol. The van der Waals surface area contributed by atoms with Crippen LogP contribution in [0.3, 0.4) is 0 Å². The molecule has 0 amide bonds. The first kappa shape index (κ1) is 19.6. The van der Waals surface area contributed by atoms with Gasteiger partial charge in [0.15, 0.2) is 0 Å². The molecule has 1 aromatic heterocycles. The summed E-state index contributed by atoms with van der Waals surface area (Å²) >= 11 is 0. The second-order valence-corrected chi connectivity index (χ2v) is 13.7. The average Bonchev–Trinajstić information content (AvgIpc) is 2.65. The van der Waals surface area contributed by atoms with Crippen LogP contribution in [-0.2, 0) is 0 Å². The van der Waals surface area contributed by atoms with Gasteiger partial charge in [-0.05, 0) is 40.4 Å². The molecule has 3 rings (SSSR count). The molecule has 0 spiro atoms. The molecule has 0 aliphatic rings. The van der Waals surface area contributed by atoms with Gasteiger partial charge < -0.3 is 4.43 Å². The fourth-order valence-electron chi connectivity index (χ4n) is 4.57. The molecule has 0 aliphatic carbocycles. The molecule has 0 bridgehead atoms. The third kappa shape index (κ3) is 3.66. The number of pyridine rings is 1. The van der Waals surface area contributed by atoms with Crippen molar-refractivity contribution in [3.8, 4) is 16.9 Å². The van der Waals surface area contributed by atoms with Crippen molar-refractivity contribution in [1.29, 1.82) is 0 Å². The predicted molar refractivity (Wildman–Crippen MR) is 119 cm³/mol. The van der Waals surface area contributed by atoms with Crippen LogP contribution in [0.1, 0.15) is 41.5 Å². The number of hydrogen-bond donors (Lipinski definition) is 0. The van der Waals surface area contributed by atoms with Gasteiger partial charge in [0.05, 0.1) is 5.52 Å². The van der Waals surface area contributed by atoms with Crippen LogP contribution in [0.4, 0.5) is 0 Å². The second-order valence-electron chi connectivity index (χ2n) is 8.33. The van der Waals surface area contributed by atoms with Crippen molar-refractivity contribution in [2.75, 3.05) is 0 Å². The van der Waals surface area contributed by atoms with Crippen LogP contribution in [0.15, 0.2) is 60.8 Å². The lowest BCUT2D eigenvalue weighted by Gasteiger charge is -2.42. The Labute approximate surface area is 164 Å². The first-order chi connectivity index (χ1) is 12.9. The Morgan fingerprint density at radius 2 is 1.41 bits per heavy atom. The van der Waals surface area contributed by atoms with Gasteiger partial charge in [-0.2, -0.15) is 0 Å². The number of benzene rings is 2. The van der Waals surface area contributed by atoms with Crippen LogP contribution in [0.25, 0.3) is 22.0 Å². The lowest BCUT2D eigenvalue weighted by Crippen LogP contribution is -2.50. The molecule has 142 valence electrons. The minimum absolute atomic E-state index is 0.533. The van der Waals surface area contributed by atoms with Gasteiger partial charge in [-0.25, -0.2) is 0 Å². The lowest BCUT2D eigenvalue weighted by molar-refractivity contribution is 0.482. The van der Waals surface area contributed by atoms with E-state index in [9.17, 15) is 0 Å². The lowest BCUT2D eigenvalue weighted by atomic mass is 10.0. The van der Waals surface area contributed by atoms with Gasteiger partial charge in [0.1, 0.15) is 5.75 Å². The number of hydrogen-bond acceptors (Lipinski definition) is 2. The molecule has 27 heavy (non-hydrogen) atoms. The fourth-order valence-corrected chi connectivity index (χ4v) is 9.83. The van der Waals surface area contributed by atoms with E-state index in [4.69, 9.17) is 4.43 Å². The zero-order valence-corrected chi connectivity index (χ0v) is 18.4. The molecule has 3 heteroatoms. The molecule has 0 N–H and O–H groups in total. The van der Waals surface area contributed by atoms with Crippen molar-refractivity contribution < 1.29 is 4.43 Å². The van der Waals surface area contributed by atoms with Gasteiger partial charge in [0, 0.05) is 17.1 Å². The van der Waals surface area contributed by atoms with Gasteiger partial charge in [0.2, 0.25) is 0 Å². The maximum atomic E-state index is 7.09. The molecule has 0 saturated heterocycles. The highest BCUT2D eigenvalue weighted by molar-refractivity contribution is 6.78. The topological polar surface area (TPSA) is 22.1 Å². The number of aromatic nitrogens is 1. The van der Waals surface area contributed by atoms with Gasteiger partial charge in [-0.3, -0.25) is 4.98 Å². The summed E-state index contributed by atoms with van der Waals surface area (Å²) in [5.74, 6) is 1.00. The zero-order chi connectivity index (χ0) is 19.6. The summed E-state index contributed by atoms with van der Waals surface area (Å²) < 4.78 is 7.09. The molecule has 1 heterocycles. The third-order valence-electron chi connectivity index (χ3n) is 5.78. The molecule has 2 aromatic carbocycles. The SMILES string of the molecule is CC(C)[Si](Oc1cc2cccnc2cc1-c1ccccc1)(C(C)C)C(C)C. The minimum Gasteiger partial charge on any atom is -0.542 e. The van der Waals surface area contributed by atoms with E-state index in [1.54, 1.807) is 0 Å². The molecule has 0 atom stereocenters. The number of rotatable bonds is 6. The molecule has 0 aliphatic heterocycles. The minimum atomic E-state index is -2.04. The Bertz CT molecular complexity index is 881. The Kier molecular flexibility index (Phi) is 5.71. The van der Waals surface area contributed by atoms with E-state index >= 15 is 0 Å². The summed E-state index contributed by atoms with van der Waals surface area (Å²) in [4.78, 5) is 4.57. The van der Waals surface area contributed by atoms with Crippen molar-refractivity contribution in [2.45, 2.75) is 58.2 Å². The van der Waals surface area contributed by atoms with E-state index in [1.165, 1.54) is 5.56 Å². The molecule has 0 radical (unpaired) electrons. The molecule has 3 aromatic rings. The normalized spacial score (nSPS) is 12.3. The van der Waals surface area contributed by atoms with Gasteiger partial charge in [0.25, 0.3) is 8.32 Å². The third-order valence-corrected chi connectivity index (χ3v) is 11.8. The van der Waals surface area contributed by atoms with Crippen LogP contribution in [0.5, 0.6) is 5.75 Å². The van der Waals surface area contributed by atoms with E-state index in [2.05, 4.69) is 95.1 Å². The molecule has 2 nitrogen and oxygen atoms in total. The zero-order valence-electron chi connectivity index (χ0n) is 17.4. The van der Waals surface area contributed by atoms with Crippen LogP contribution in [0.2, 0.25) is 16.6 Å². The first-order valence-corrected chi connectivity index (χ1v) is 12.1. The largest absolute Gasteiger partial charge is 0.542 e. The van der Waals surface area contributed by atoms with Crippen molar-refractivity contribution in [1.82, 2.24) is 4.98 Å². The van der Waals surface area contributed by atoms with Gasteiger partial charge in [-0.15, -0.1) is 0 Å². The fraction of sp³-hybridized carbons (Fsp3) is 0.375. The van der Waals surface area contributed by atoms with E-state index < -0.39 is 8.32 Å². The van der Waals surface area contributed by atoms with Gasteiger partial charge >= 0.3 is 0 Å². The molecule has 0 unspecified atom stereocenters. The predicted octanol–water partition coefficient (Wildman–Crippen LogP) is 7.46. The van der Waals surface area contributed by atoms with E-state index in [1.807, 2.05) is 12.3 Å². The number of nitrogens with zero attached hydrogens (tertiary/aromatic N) is 1. The first-order valence-electron chi connectivity index (χ1n) is 9.99. The van der Waals surface area contributed by atoms with Crippen molar-refractivity contribution >= 4 is 19.2 Å². The molecular weight excluding hydrogens is 346 g/mol. The Morgan fingerprint density at radius 1 is 0.778 bits per heavy atom. The Hall–Kier alpha value is -2.13. The highest BCUT2D eigenvalue weighted by Crippen LogP contribution is 2.45. The standard InChI is InChI=1S/C24H31NOSi/c1-17(2)27(18(3)4,19(5)6)26-24-15-21-13-10-14-25-23(21)16-22(24)20-11-8-7-9-12-20/h7-19H,1-6H3. The maximum Gasteiger partial charge on any atom is 0.258 e. The summed E-state index contributed by atoms with van der Waals surface area (Å²) in [5, 5.41) is 1.13. The highest BCUT2D eigenvalue weighted by atomic mass is 28.4. The van der Waals surface area contributed by atoms with Crippen molar-refractivity contribution in [3.05, 3.63) is 60.8 Å². The molecule has 0 saturated carbocycles. The van der Waals surface area contributed by atoms with Crippen molar-refractivity contribution in [3.63, 3.8) is 0 Å². The quantitative estimate of drug-likeness (QED) is 0.416. The van der Waals surface area contributed by atoms with E-state index in [0.29, 0.717) is 16.6 Å². The second kappa shape index (κ2) is 7.85. The number of fused-ring (bicyclic) bond motifs is 1. The van der Waals surface area contributed by atoms with Crippen LogP contribution in [-0.4, -0.2) is 13.3 Å². The van der Waals surface area contributed by atoms with E-state index in [-0.39, 0.29) is 0 Å². The van der Waals surface area contributed by atoms with Crippen LogP contribution < -0.4 is 4.43 Å². The summed E-state index contributed by atoms with van der Waals surface area (Å²) in [6, 6.07) is 19.0. The smallest absolute Gasteiger partial charge is 0.258 e.